The van der Waals surface area contributed by atoms with Gasteiger partial charge >= 0.3 is 0 Å². The third-order valence-corrected chi connectivity index (χ3v) is 2.72. The number of anilines is 1. The van der Waals surface area contributed by atoms with E-state index >= 15 is 0 Å². The van der Waals surface area contributed by atoms with Crippen molar-refractivity contribution in [2.75, 3.05) is 38.3 Å². The van der Waals surface area contributed by atoms with E-state index in [0.717, 1.165) is 13.1 Å². The van der Waals surface area contributed by atoms with E-state index in [1.807, 2.05) is 4.90 Å². The first-order valence-electron chi connectivity index (χ1n) is 4.82. The molecule has 0 unspecified atom stereocenters. The molecule has 2 heterocycles. The van der Waals surface area contributed by atoms with Crippen molar-refractivity contribution in [1.82, 2.24) is 9.97 Å². The fourth-order valence-corrected chi connectivity index (χ4v) is 2.00. The molecule has 0 bridgehead atoms. The first-order valence-corrected chi connectivity index (χ1v) is 5.57. The molecule has 0 spiro atoms. The van der Waals surface area contributed by atoms with Crippen molar-refractivity contribution in [2.45, 2.75) is 0 Å². The number of aromatic nitrogens is 2. The van der Waals surface area contributed by atoms with Gasteiger partial charge in [-0.15, -0.1) is 0 Å². The van der Waals surface area contributed by atoms with Gasteiger partial charge in [-0.2, -0.15) is 4.98 Å². The van der Waals surface area contributed by atoms with Crippen molar-refractivity contribution >= 4 is 29.0 Å². The zero-order valence-corrected chi connectivity index (χ0v) is 10.3. The second kappa shape index (κ2) is 5.03. The summed E-state index contributed by atoms with van der Waals surface area (Å²) < 4.78 is 10.4. The number of methoxy groups -OCH3 is 1. The van der Waals surface area contributed by atoms with Gasteiger partial charge in [0.05, 0.1) is 20.3 Å². The normalized spacial score (nSPS) is 16.3. The van der Waals surface area contributed by atoms with Crippen LogP contribution in [-0.4, -0.2) is 43.4 Å². The third kappa shape index (κ3) is 2.31. The molecule has 7 heteroatoms. The molecular weight excluding hydrogens is 253 g/mol. The molecule has 1 aliphatic heterocycles. The molecule has 1 aliphatic rings. The fourth-order valence-electron chi connectivity index (χ4n) is 1.55. The molecule has 16 heavy (non-hydrogen) atoms. The molecule has 0 aliphatic carbocycles. The van der Waals surface area contributed by atoms with E-state index in [0.29, 0.717) is 24.8 Å². The molecule has 0 atom stereocenters. The lowest BCUT2D eigenvalue weighted by Crippen LogP contribution is -2.37. The van der Waals surface area contributed by atoms with Gasteiger partial charge < -0.3 is 14.4 Å². The number of ether oxygens (including phenoxy) is 2. The highest BCUT2D eigenvalue weighted by Gasteiger charge is 2.20. The van der Waals surface area contributed by atoms with Gasteiger partial charge in [0.1, 0.15) is 0 Å². The highest BCUT2D eigenvalue weighted by molar-refractivity contribution is 6.33. The molecule has 0 radical (unpaired) electrons. The Bertz CT molecular complexity index is 383. The quantitative estimate of drug-likeness (QED) is 0.600. The fraction of sp³-hybridized carbons (Fsp3) is 0.556. The number of morpholine rings is 1. The van der Waals surface area contributed by atoms with Gasteiger partial charge in [-0.05, 0) is 11.6 Å². The van der Waals surface area contributed by atoms with Gasteiger partial charge in [0.2, 0.25) is 5.28 Å². The predicted molar refractivity (Wildman–Crippen MR) is 61.6 cm³/mol. The molecule has 0 aromatic carbocycles. The Kier molecular flexibility index (Phi) is 3.68. The van der Waals surface area contributed by atoms with E-state index in [1.54, 1.807) is 0 Å². The van der Waals surface area contributed by atoms with E-state index in [4.69, 9.17) is 32.7 Å². The highest BCUT2D eigenvalue weighted by atomic mass is 35.5. The number of halogens is 2. The van der Waals surface area contributed by atoms with Crippen molar-refractivity contribution in [2.24, 2.45) is 0 Å². The van der Waals surface area contributed by atoms with E-state index in [-0.39, 0.29) is 10.4 Å². The molecule has 1 fully saturated rings. The molecule has 88 valence electrons. The Balaban J connectivity index is 2.36. The largest absolute Gasteiger partial charge is 0.490 e. The van der Waals surface area contributed by atoms with Gasteiger partial charge in [0.15, 0.2) is 16.7 Å². The molecule has 5 nitrogen and oxygen atoms in total. The first kappa shape index (κ1) is 11.7. The van der Waals surface area contributed by atoms with Gasteiger partial charge in [-0.3, -0.25) is 0 Å². The van der Waals surface area contributed by atoms with Crippen LogP contribution in [0.3, 0.4) is 0 Å². The lowest BCUT2D eigenvalue weighted by molar-refractivity contribution is 0.122. The van der Waals surface area contributed by atoms with Crippen LogP contribution < -0.4 is 9.64 Å². The van der Waals surface area contributed by atoms with Crippen LogP contribution >= 0.6 is 23.2 Å². The molecule has 0 saturated carbocycles. The zero-order valence-electron chi connectivity index (χ0n) is 8.74. The van der Waals surface area contributed by atoms with Crippen LogP contribution in [-0.2, 0) is 4.74 Å². The summed E-state index contributed by atoms with van der Waals surface area (Å²) in [5, 5.41) is 0.344. The minimum Gasteiger partial charge on any atom is -0.490 e. The Morgan fingerprint density at radius 1 is 1.25 bits per heavy atom. The number of rotatable bonds is 2. The van der Waals surface area contributed by atoms with Crippen LogP contribution in [0.25, 0.3) is 0 Å². The van der Waals surface area contributed by atoms with Crippen LogP contribution in [0.15, 0.2) is 0 Å². The van der Waals surface area contributed by atoms with Crippen molar-refractivity contribution in [3.63, 3.8) is 0 Å². The predicted octanol–water partition coefficient (Wildman–Crippen LogP) is 1.63. The number of hydrogen-bond donors (Lipinski definition) is 0. The number of hydrogen-bond acceptors (Lipinski definition) is 5. The van der Waals surface area contributed by atoms with Gasteiger partial charge in [-0.25, -0.2) is 4.98 Å². The minimum absolute atomic E-state index is 0.118. The lowest BCUT2D eigenvalue weighted by Gasteiger charge is -2.28. The van der Waals surface area contributed by atoms with Crippen LogP contribution in [0.4, 0.5) is 5.82 Å². The van der Waals surface area contributed by atoms with E-state index < -0.39 is 0 Å². The average Bonchev–Trinajstić information content (AvgIpc) is 2.29. The van der Waals surface area contributed by atoms with Crippen LogP contribution in [0.5, 0.6) is 5.75 Å². The molecule has 2 rings (SSSR count). The summed E-state index contributed by atoms with van der Waals surface area (Å²) in [5.41, 5.74) is 0. The third-order valence-electron chi connectivity index (χ3n) is 2.29. The van der Waals surface area contributed by atoms with Crippen molar-refractivity contribution in [3.05, 3.63) is 10.4 Å². The average molecular weight is 264 g/mol. The second-order valence-electron chi connectivity index (χ2n) is 3.24. The summed E-state index contributed by atoms with van der Waals surface area (Å²) >= 11 is 11.7. The van der Waals surface area contributed by atoms with E-state index in [9.17, 15) is 0 Å². The molecule has 0 N–H and O–H groups in total. The second-order valence-corrected chi connectivity index (χ2v) is 3.94. The summed E-state index contributed by atoms with van der Waals surface area (Å²) in [5.74, 6) is 1.07. The summed E-state index contributed by atoms with van der Waals surface area (Å²) in [7, 11) is 1.53. The van der Waals surface area contributed by atoms with Crippen molar-refractivity contribution < 1.29 is 9.47 Å². The van der Waals surface area contributed by atoms with Gasteiger partial charge in [-0.1, -0.05) is 11.6 Å². The van der Waals surface area contributed by atoms with E-state index in [1.165, 1.54) is 7.11 Å². The summed E-state index contributed by atoms with van der Waals surface area (Å²) in [6, 6.07) is 0. The zero-order chi connectivity index (χ0) is 11.5. The molecule has 1 aromatic rings. The Morgan fingerprint density at radius 2 is 1.94 bits per heavy atom. The molecule has 1 saturated heterocycles. The maximum absolute atomic E-state index is 5.94. The van der Waals surface area contributed by atoms with E-state index in [2.05, 4.69) is 9.97 Å². The van der Waals surface area contributed by atoms with Crippen molar-refractivity contribution in [3.8, 4) is 5.75 Å². The maximum Gasteiger partial charge on any atom is 0.226 e. The molecule has 0 amide bonds. The minimum atomic E-state index is 0.118. The van der Waals surface area contributed by atoms with Crippen LogP contribution in [0.2, 0.25) is 10.4 Å². The van der Waals surface area contributed by atoms with Crippen LogP contribution in [0, 0.1) is 0 Å². The molecule has 1 aromatic heterocycles. The first-order chi connectivity index (χ1) is 7.72. The van der Waals surface area contributed by atoms with Crippen LogP contribution in [0.1, 0.15) is 0 Å². The van der Waals surface area contributed by atoms with Gasteiger partial charge in [0.25, 0.3) is 0 Å². The maximum atomic E-state index is 5.94. The standard InChI is InChI=1S/C9H11Cl2N3O2/c1-15-6-7(10)12-9(11)13-8(6)14-2-4-16-5-3-14/h2-5H2,1H3. The van der Waals surface area contributed by atoms with Gasteiger partial charge in [0, 0.05) is 13.1 Å². The summed E-state index contributed by atoms with van der Waals surface area (Å²) in [6.45, 7) is 2.78. The van der Waals surface area contributed by atoms with Crippen molar-refractivity contribution in [1.29, 1.82) is 0 Å². The Labute approximate surface area is 103 Å². The SMILES string of the molecule is COc1c(Cl)nc(Cl)nc1N1CCOCC1. The monoisotopic (exact) mass is 263 g/mol. The molecular formula is C9H11Cl2N3O2. The lowest BCUT2D eigenvalue weighted by atomic mass is 10.4. The Hall–Kier alpha value is -0.780. The Morgan fingerprint density at radius 3 is 2.56 bits per heavy atom. The summed E-state index contributed by atoms with van der Waals surface area (Å²) in [6.07, 6.45) is 0. The highest BCUT2D eigenvalue weighted by Crippen LogP contribution is 2.33. The topological polar surface area (TPSA) is 47.5 Å². The smallest absolute Gasteiger partial charge is 0.226 e. The summed E-state index contributed by atoms with van der Waals surface area (Å²) in [4.78, 5) is 10.00. The number of nitrogens with zero attached hydrogens (tertiary/aromatic N) is 3.